The summed E-state index contributed by atoms with van der Waals surface area (Å²) in [5.74, 6) is 0. The smallest absolute Gasteiger partial charge is 0.190 e. The van der Waals surface area contributed by atoms with Gasteiger partial charge in [0.2, 0.25) is 0 Å². The normalized spacial score (nSPS) is 17.3. The van der Waals surface area contributed by atoms with E-state index in [4.69, 9.17) is 0 Å². The van der Waals surface area contributed by atoms with Crippen LogP contribution in [-0.4, -0.2) is 29.5 Å². The molecule has 2 nitrogen and oxygen atoms in total. The number of benzene rings is 3. The quantitative estimate of drug-likeness (QED) is 0.477. The first-order chi connectivity index (χ1) is 14.2. The van der Waals surface area contributed by atoms with Crippen LogP contribution in [0.15, 0.2) is 91.0 Å². The van der Waals surface area contributed by atoms with Crippen LogP contribution in [0.2, 0.25) is 0 Å². The second-order valence-electron chi connectivity index (χ2n) is 8.03. The van der Waals surface area contributed by atoms with Crippen molar-refractivity contribution in [1.29, 1.82) is 0 Å². The largest absolute Gasteiger partial charge is 1.00 e. The van der Waals surface area contributed by atoms with Crippen molar-refractivity contribution in [3.05, 3.63) is 102 Å². The van der Waals surface area contributed by atoms with E-state index < -0.39 is 7.56 Å². The second-order valence-corrected chi connectivity index (χ2v) is 11.5. The Morgan fingerprint density at radius 3 is 1.87 bits per heavy atom. The first-order valence-electron chi connectivity index (χ1n) is 10.7. The molecule has 158 valence electrons. The lowest BCUT2D eigenvalue weighted by atomic mass is 10.1. The molecule has 4 heteroatoms. The minimum atomic E-state index is -1.76. The molecular formula is C26H32BrN2P. The van der Waals surface area contributed by atoms with E-state index in [-0.39, 0.29) is 17.0 Å². The van der Waals surface area contributed by atoms with Gasteiger partial charge in [-0.05, 0) is 43.0 Å². The van der Waals surface area contributed by atoms with Crippen LogP contribution in [0.5, 0.6) is 0 Å². The molecule has 3 aromatic carbocycles. The lowest BCUT2D eigenvalue weighted by molar-refractivity contribution is -0.00000608. The molecule has 0 N–H and O–H groups in total. The van der Waals surface area contributed by atoms with Gasteiger partial charge in [-0.2, -0.15) is 9.34 Å². The van der Waals surface area contributed by atoms with Gasteiger partial charge < -0.3 is 17.0 Å². The molecule has 1 aliphatic rings. The molecule has 3 aromatic rings. The van der Waals surface area contributed by atoms with Gasteiger partial charge in [-0.25, -0.2) is 0 Å². The van der Waals surface area contributed by atoms with Crippen molar-refractivity contribution in [2.24, 2.45) is 0 Å². The third-order valence-corrected chi connectivity index (χ3v) is 11.0. The highest BCUT2D eigenvalue weighted by Crippen LogP contribution is 2.68. The van der Waals surface area contributed by atoms with Crippen molar-refractivity contribution in [2.45, 2.75) is 32.0 Å². The van der Waals surface area contributed by atoms with Gasteiger partial charge in [0, 0.05) is 20.1 Å². The Kier molecular flexibility index (Phi) is 8.25. The molecule has 0 bridgehead atoms. The van der Waals surface area contributed by atoms with Crippen LogP contribution in [0.4, 0.5) is 0 Å². The van der Waals surface area contributed by atoms with Crippen molar-refractivity contribution in [1.82, 2.24) is 9.34 Å². The minimum Gasteiger partial charge on any atom is -1.00 e. The topological polar surface area (TPSA) is 6.48 Å². The number of rotatable bonds is 7. The summed E-state index contributed by atoms with van der Waals surface area (Å²) >= 11 is 0. The Labute approximate surface area is 193 Å². The maximum absolute atomic E-state index is 2.83. The van der Waals surface area contributed by atoms with Crippen LogP contribution >= 0.6 is 7.56 Å². The van der Waals surface area contributed by atoms with Crippen LogP contribution in [0.3, 0.4) is 0 Å². The van der Waals surface area contributed by atoms with E-state index in [9.17, 15) is 0 Å². The average molecular weight is 483 g/mol. The number of halogens is 1. The summed E-state index contributed by atoms with van der Waals surface area (Å²) in [4.78, 5) is 0. The Bertz CT molecular complexity index is 885. The highest BCUT2D eigenvalue weighted by Gasteiger charge is 2.53. The van der Waals surface area contributed by atoms with Crippen LogP contribution in [-0.2, 0) is 6.16 Å². The molecule has 1 heterocycles. The van der Waals surface area contributed by atoms with E-state index in [1.807, 2.05) is 0 Å². The summed E-state index contributed by atoms with van der Waals surface area (Å²) in [7, 11) is 0.597. The van der Waals surface area contributed by atoms with Crippen LogP contribution in [0, 0.1) is 0 Å². The number of hydrogen-bond acceptors (Lipinski definition) is 2. The maximum Gasteiger partial charge on any atom is 0.190 e. The van der Waals surface area contributed by atoms with Crippen molar-refractivity contribution in [2.75, 3.05) is 20.1 Å². The number of hydrogen-bond donors (Lipinski definition) is 0. The fourth-order valence-corrected chi connectivity index (χ4v) is 9.33. The molecule has 4 rings (SSSR count). The predicted molar refractivity (Wildman–Crippen MR) is 127 cm³/mol. The van der Waals surface area contributed by atoms with Crippen LogP contribution < -0.4 is 22.3 Å². The molecule has 2 unspecified atom stereocenters. The van der Waals surface area contributed by atoms with Crippen LogP contribution in [0.1, 0.15) is 36.9 Å². The lowest BCUT2D eigenvalue weighted by Gasteiger charge is -2.42. The highest BCUT2D eigenvalue weighted by atomic mass is 79.9. The maximum atomic E-state index is 2.83. The van der Waals surface area contributed by atoms with E-state index in [1.165, 1.54) is 42.4 Å². The second kappa shape index (κ2) is 10.7. The van der Waals surface area contributed by atoms with Gasteiger partial charge in [0.05, 0.1) is 6.04 Å². The Balaban J connectivity index is 0.00000256. The molecule has 0 amide bonds. The summed E-state index contributed by atoms with van der Waals surface area (Å²) in [5, 5.41) is 1.50. The van der Waals surface area contributed by atoms with E-state index in [1.54, 1.807) is 0 Å². The molecule has 0 saturated carbocycles. The van der Waals surface area contributed by atoms with Gasteiger partial charge in [-0.15, -0.1) is 0 Å². The molecule has 0 aromatic heterocycles. The van der Waals surface area contributed by atoms with E-state index in [0.29, 0.717) is 6.04 Å². The fraction of sp³-hybridized carbons (Fsp3) is 0.308. The molecule has 2 atom stereocenters. The third-order valence-electron chi connectivity index (χ3n) is 6.33. The summed E-state index contributed by atoms with van der Waals surface area (Å²) in [6, 6.07) is 33.7. The molecule has 0 radical (unpaired) electrons. The van der Waals surface area contributed by atoms with E-state index in [0.717, 1.165) is 6.16 Å². The lowest BCUT2D eigenvalue weighted by Crippen LogP contribution is -3.00. The predicted octanol–water partition coefficient (Wildman–Crippen LogP) is 3.15. The SMILES string of the molecule is CC(c1ccccc1)N(C)[P+](Cc1ccccc1)(c1ccccc1)N1CCCC1.[Br-]. The van der Waals surface area contributed by atoms with Crippen molar-refractivity contribution in [3.63, 3.8) is 0 Å². The highest BCUT2D eigenvalue weighted by molar-refractivity contribution is 7.78. The average Bonchev–Trinajstić information content (AvgIpc) is 3.34. The Morgan fingerprint density at radius 2 is 1.30 bits per heavy atom. The zero-order valence-electron chi connectivity index (χ0n) is 18.0. The van der Waals surface area contributed by atoms with Crippen molar-refractivity contribution >= 4 is 12.9 Å². The standard InChI is InChI=1S/C26H32N2P.BrH/c1-23(25-16-8-4-9-17-25)27(2)29(28-20-12-13-21-28,26-18-10-5-11-19-26)22-24-14-6-3-7-15-24;/h3-11,14-19,23H,12-13,20-22H2,1-2H3;1H/q+1;/p-1. The van der Waals surface area contributed by atoms with Crippen molar-refractivity contribution < 1.29 is 17.0 Å². The molecule has 1 saturated heterocycles. The monoisotopic (exact) mass is 482 g/mol. The van der Waals surface area contributed by atoms with Gasteiger partial charge >= 0.3 is 0 Å². The molecule has 1 aliphatic heterocycles. The first kappa shape index (κ1) is 23.2. The summed E-state index contributed by atoms with van der Waals surface area (Å²) in [6.07, 6.45) is 3.69. The van der Waals surface area contributed by atoms with Gasteiger partial charge in [0.1, 0.15) is 11.5 Å². The van der Waals surface area contributed by atoms with Crippen LogP contribution in [0.25, 0.3) is 0 Å². The van der Waals surface area contributed by atoms with Gasteiger partial charge in [-0.3, -0.25) is 0 Å². The minimum absolute atomic E-state index is 0. The molecule has 0 spiro atoms. The van der Waals surface area contributed by atoms with Gasteiger partial charge in [0.15, 0.2) is 7.56 Å². The third kappa shape index (κ3) is 4.70. The van der Waals surface area contributed by atoms with Crippen molar-refractivity contribution in [3.8, 4) is 0 Å². The molecule has 1 fully saturated rings. The van der Waals surface area contributed by atoms with Gasteiger partial charge in [-0.1, -0.05) is 78.9 Å². The van der Waals surface area contributed by atoms with Gasteiger partial charge in [0.25, 0.3) is 0 Å². The summed E-state index contributed by atoms with van der Waals surface area (Å²) < 4.78 is 5.55. The van der Waals surface area contributed by atoms with E-state index >= 15 is 0 Å². The molecular weight excluding hydrogens is 451 g/mol. The first-order valence-corrected chi connectivity index (χ1v) is 12.6. The Hall–Kier alpha value is -1.51. The number of nitrogens with zero attached hydrogens (tertiary/aromatic N) is 2. The summed E-state index contributed by atoms with van der Waals surface area (Å²) in [5.41, 5.74) is 2.83. The van der Waals surface area contributed by atoms with E-state index in [2.05, 4.69) is 114 Å². The zero-order valence-corrected chi connectivity index (χ0v) is 20.5. The Morgan fingerprint density at radius 1 is 0.800 bits per heavy atom. The molecule has 0 aliphatic carbocycles. The molecule has 30 heavy (non-hydrogen) atoms. The fourth-order valence-electron chi connectivity index (χ4n) is 4.62. The zero-order chi connectivity index (χ0) is 20.1. The summed E-state index contributed by atoms with van der Waals surface area (Å²) in [6.45, 7) is 4.76.